The lowest BCUT2D eigenvalue weighted by atomic mass is 9.93. The number of likely N-dealkylation sites (N-methyl/N-ethyl adjacent to an activating group) is 1. The van der Waals surface area contributed by atoms with E-state index in [2.05, 4.69) is 16.8 Å². The smallest absolute Gasteiger partial charge is 0.338 e. The zero-order chi connectivity index (χ0) is 29.5. The summed E-state index contributed by atoms with van der Waals surface area (Å²) in [6, 6.07) is 17.9. The van der Waals surface area contributed by atoms with E-state index in [1.807, 2.05) is 54.6 Å². The summed E-state index contributed by atoms with van der Waals surface area (Å²) in [7, 11) is 2.11. The van der Waals surface area contributed by atoms with Gasteiger partial charge in [-0.15, -0.1) is 0 Å². The summed E-state index contributed by atoms with van der Waals surface area (Å²) in [5, 5.41) is 0. The van der Waals surface area contributed by atoms with Gasteiger partial charge >= 0.3 is 5.97 Å². The van der Waals surface area contributed by atoms with Crippen molar-refractivity contribution in [1.29, 1.82) is 0 Å². The van der Waals surface area contributed by atoms with Crippen molar-refractivity contribution in [3.05, 3.63) is 103 Å². The molecule has 2 aromatic carbocycles. The molecule has 5 heterocycles. The van der Waals surface area contributed by atoms with Crippen molar-refractivity contribution in [1.82, 2.24) is 9.47 Å². The van der Waals surface area contributed by atoms with E-state index in [1.165, 1.54) is 11.3 Å². The van der Waals surface area contributed by atoms with Crippen LogP contribution >= 0.6 is 11.3 Å². The minimum atomic E-state index is -0.806. The van der Waals surface area contributed by atoms with Crippen LogP contribution in [0.25, 0.3) is 11.8 Å². The van der Waals surface area contributed by atoms with Gasteiger partial charge in [0.05, 0.1) is 28.5 Å². The second-order valence-corrected chi connectivity index (χ2v) is 11.5. The van der Waals surface area contributed by atoms with E-state index in [0.29, 0.717) is 37.9 Å². The van der Waals surface area contributed by atoms with Crippen LogP contribution in [0.3, 0.4) is 0 Å². The maximum absolute atomic E-state index is 14.1. The average Bonchev–Trinajstić information content (AvgIpc) is 3.76. The Morgan fingerprint density at radius 2 is 1.84 bits per heavy atom. The molecule has 2 aromatic heterocycles. The maximum atomic E-state index is 14.1. The molecule has 0 bridgehead atoms. The van der Waals surface area contributed by atoms with Gasteiger partial charge in [-0.25, -0.2) is 9.79 Å². The first-order valence-electron chi connectivity index (χ1n) is 14.2. The summed E-state index contributed by atoms with van der Waals surface area (Å²) in [5.74, 6) is 1.97. The molecule has 3 aliphatic rings. The van der Waals surface area contributed by atoms with E-state index < -0.39 is 12.0 Å². The summed E-state index contributed by atoms with van der Waals surface area (Å²) >= 11 is 1.26. The monoisotopic (exact) mass is 598 g/mol. The van der Waals surface area contributed by atoms with Gasteiger partial charge in [-0.3, -0.25) is 9.36 Å². The number of piperazine rings is 1. The van der Waals surface area contributed by atoms with Gasteiger partial charge in [0.15, 0.2) is 22.2 Å². The van der Waals surface area contributed by atoms with Gasteiger partial charge in [0.1, 0.15) is 5.76 Å². The minimum absolute atomic E-state index is 0.108. The topological polar surface area (TPSA) is 98.7 Å². The molecule has 0 spiro atoms. The van der Waals surface area contributed by atoms with Crippen LogP contribution in [0.5, 0.6) is 11.5 Å². The van der Waals surface area contributed by atoms with Crippen molar-refractivity contribution in [2.45, 2.75) is 13.0 Å². The highest BCUT2D eigenvalue weighted by molar-refractivity contribution is 7.07. The Hall–Kier alpha value is -4.61. The molecule has 0 aliphatic carbocycles. The lowest BCUT2D eigenvalue weighted by Gasteiger charge is -2.32. The van der Waals surface area contributed by atoms with Gasteiger partial charge in [-0.2, -0.15) is 0 Å². The molecule has 0 N–H and O–H groups in total. The van der Waals surface area contributed by atoms with Crippen LogP contribution in [0.4, 0.5) is 5.88 Å². The maximum Gasteiger partial charge on any atom is 0.338 e. The van der Waals surface area contributed by atoms with Gasteiger partial charge in [-0.1, -0.05) is 47.7 Å². The molecule has 1 atom stereocenters. The number of furan rings is 1. The van der Waals surface area contributed by atoms with Crippen LogP contribution in [-0.2, 0) is 9.53 Å². The quantitative estimate of drug-likeness (QED) is 0.313. The molecule has 11 heteroatoms. The third-order valence-electron chi connectivity index (χ3n) is 7.79. The van der Waals surface area contributed by atoms with E-state index in [9.17, 15) is 9.59 Å². The molecule has 0 unspecified atom stereocenters. The third kappa shape index (κ3) is 5.04. The minimum Gasteiger partial charge on any atom is -0.463 e. The number of rotatable bonds is 6. The largest absolute Gasteiger partial charge is 0.463 e. The van der Waals surface area contributed by atoms with Crippen LogP contribution in [0.15, 0.2) is 80.4 Å². The number of esters is 1. The Labute approximate surface area is 251 Å². The van der Waals surface area contributed by atoms with Gasteiger partial charge < -0.3 is 28.4 Å². The number of nitrogens with zero attached hydrogens (tertiary/aromatic N) is 4. The van der Waals surface area contributed by atoms with Crippen LogP contribution in [0.1, 0.15) is 29.9 Å². The predicted molar refractivity (Wildman–Crippen MR) is 162 cm³/mol. The summed E-state index contributed by atoms with van der Waals surface area (Å²) in [6.45, 7) is 5.71. The van der Waals surface area contributed by atoms with Crippen LogP contribution in [0.2, 0.25) is 0 Å². The molecule has 0 radical (unpaired) electrons. The summed E-state index contributed by atoms with van der Waals surface area (Å²) in [5.41, 5.74) is 1.89. The Bertz CT molecular complexity index is 1900. The number of aromatic nitrogens is 1. The fraction of sp³-hybridized carbons (Fsp3) is 0.281. The van der Waals surface area contributed by atoms with Crippen LogP contribution in [0, 0.1) is 0 Å². The zero-order valence-corrected chi connectivity index (χ0v) is 24.6. The number of hydrogen-bond donors (Lipinski definition) is 0. The number of anilines is 1. The van der Waals surface area contributed by atoms with Crippen molar-refractivity contribution in [2.75, 3.05) is 51.5 Å². The number of benzene rings is 2. The molecule has 10 nitrogen and oxygen atoms in total. The lowest BCUT2D eigenvalue weighted by Crippen LogP contribution is -2.44. The van der Waals surface area contributed by atoms with E-state index in [0.717, 1.165) is 37.6 Å². The first kappa shape index (κ1) is 27.2. The molecule has 4 aromatic rings. The average molecular weight is 599 g/mol. The summed E-state index contributed by atoms with van der Waals surface area (Å²) in [6.07, 6.45) is 1.75. The lowest BCUT2D eigenvalue weighted by molar-refractivity contribution is -0.138. The molecule has 43 heavy (non-hydrogen) atoms. The number of ether oxygens (including phenoxy) is 3. The fourth-order valence-corrected chi connectivity index (χ4v) is 6.57. The standard InChI is InChI=1S/C32H30N4O6S/c1-3-39-31(38)27-28(20-7-5-4-6-8-20)33-32-36(29(27)21-9-11-23-24(17-21)41-19-40-23)30(37)25(43-32)18-22-10-12-26(42-22)35-15-13-34(2)14-16-35/h4-12,17-18,29H,3,13-16,19H2,1-2H3/b25-18+/t29-/m1/s1. The van der Waals surface area contributed by atoms with Gasteiger partial charge in [0.2, 0.25) is 6.79 Å². The first-order valence-corrected chi connectivity index (χ1v) is 15.0. The van der Waals surface area contributed by atoms with Crippen molar-refractivity contribution in [3.63, 3.8) is 0 Å². The first-order chi connectivity index (χ1) is 21.0. The van der Waals surface area contributed by atoms with Crippen molar-refractivity contribution in [2.24, 2.45) is 4.99 Å². The van der Waals surface area contributed by atoms with E-state index in [4.69, 9.17) is 23.6 Å². The second-order valence-electron chi connectivity index (χ2n) is 10.5. The molecular formula is C32H30N4O6S. The highest BCUT2D eigenvalue weighted by Gasteiger charge is 2.36. The Kier molecular flexibility index (Phi) is 7.12. The molecule has 1 saturated heterocycles. The van der Waals surface area contributed by atoms with Gasteiger partial charge in [-0.05, 0) is 37.7 Å². The van der Waals surface area contributed by atoms with Gasteiger partial charge in [0, 0.05) is 43.9 Å². The second kappa shape index (κ2) is 11.2. The molecule has 0 saturated carbocycles. The number of thiazole rings is 1. The highest BCUT2D eigenvalue weighted by Crippen LogP contribution is 2.40. The normalized spacial score (nSPS) is 18.5. The summed E-state index contributed by atoms with van der Waals surface area (Å²) in [4.78, 5) is 37.7. The molecule has 7 rings (SSSR count). The van der Waals surface area contributed by atoms with Crippen molar-refractivity contribution < 1.29 is 23.4 Å². The molecule has 220 valence electrons. The predicted octanol–water partition coefficient (Wildman–Crippen LogP) is 3.01. The Morgan fingerprint density at radius 1 is 1.05 bits per heavy atom. The summed E-state index contributed by atoms with van der Waals surface area (Å²) < 4.78 is 24.9. The Balaban J connectivity index is 1.39. The molecule has 0 amide bonds. The number of carbonyl (C=O) groups is 1. The number of fused-ring (bicyclic) bond motifs is 2. The van der Waals surface area contributed by atoms with Crippen LogP contribution < -0.4 is 29.3 Å². The third-order valence-corrected chi connectivity index (χ3v) is 8.77. The SMILES string of the molecule is CCOC(=O)C1=C(c2ccccc2)N=c2s/c(=C/c3ccc(N4CCN(C)CC4)o3)c(=O)n2[C@@H]1c1ccc2c(c1)OCO2. The van der Waals surface area contributed by atoms with Crippen molar-refractivity contribution >= 4 is 35.0 Å². The Morgan fingerprint density at radius 3 is 2.63 bits per heavy atom. The molecule has 3 aliphatic heterocycles. The highest BCUT2D eigenvalue weighted by atomic mass is 32.1. The fourth-order valence-electron chi connectivity index (χ4n) is 5.58. The van der Waals surface area contributed by atoms with Crippen molar-refractivity contribution in [3.8, 4) is 11.5 Å². The number of hydrogen-bond acceptors (Lipinski definition) is 10. The van der Waals surface area contributed by atoms with Gasteiger partial charge in [0.25, 0.3) is 5.56 Å². The van der Waals surface area contributed by atoms with E-state index in [1.54, 1.807) is 23.6 Å². The van der Waals surface area contributed by atoms with E-state index in [-0.39, 0.29) is 24.5 Å². The molecule has 1 fully saturated rings. The molecular weight excluding hydrogens is 568 g/mol. The zero-order valence-electron chi connectivity index (χ0n) is 23.8. The van der Waals surface area contributed by atoms with E-state index >= 15 is 0 Å². The number of carbonyl (C=O) groups excluding carboxylic acids is 1. The van der Waals surface area contributed by atoms with Crippen LogP contribution in [-0.4, -0.2) is 62.1 Å².